The number of rotatable bonds is 6. The zero-order valence-corrected chi connectivity index (χ0v) is 14.2. The van der Waals surface area contributed by atoms with Crippen LogP contribution in [-0.4, -0.2) is 26.4 Å². The van der Waals surface area contributed by atoms with Crippen LogP contribution in [0.3, 0.4) is 0 Å². The lowest BCUT2D eigenvalue weighted by molar-refractivity contribution is -0.122. The maximum Gasteiger partial charge on any atom is 0.231 e. The smallest absolute Gasteiger partial charge is 0.231 e. The van der Waals surface area contributed by atoms with Crippen LogP contribution in [0.5, 0.6) is 17.2 Å². The van der Waals surface area contributed by atoms with Gasteiger partial charge in [0.1, 0.15) is 5.75 Å². The third-order valence-electron chi connectivity index (χ3n) is 4.82. The summed E-state index contributed by atoms with van der Waals surface area (Å²) >= 11 is 0. The van der Waals surface area contributed by atoms with Crippen LogP contribution in [0.1, 0.15) is 23.5 Å². The highest BCUT2D eigenvalue weighted by Crippen LogP contribution is 2.50. The molecule has 1 N–H and O–H groups in total. The van der Waals surface area contributed by atoms with Gasteiger partial charge in [0, 0.05) is 12.5 Å². The minimum atomic E-state index is 0.0491. The zero-order valence-electron chi connectivity index (χ0n) is 14.2. The van der Waals surface area contributed by atoms with E-state index in [-0.39, 0.29) is 24.5 Å². The molecule has 5 nitrogen and oxygen atoms in total. The molecule has 1 aliphatic carbocycles. The summed E-state index contributed by atoms with van der Waals surface area (Å²) < 4.78 is 16.1. The molecule has 1 aliphatic heterocycles. The van der Waals surface area contributed by atoms with E-state index in [0.29, 0.717) is 6.54 Å². The average Bonchev–Trinajstić information content (AvgIpc) is 3.31. The molecule has 1 heterocycles. The number of ether oxygens (including phenoxy) is 3. The molecule has 1 fully saturated rings. The minimum Gasteiger partial charge on any atom is -0.496 e. The van der Waals surface area contributed by atoms with Crippen molar-refractivity contribution in [2.45, 2.75) is 18.8 Å². The number of para-hydroxylation sites is 1. The van der Waals surface area contributed by atoms with Crippen LogP contribution in [-0.2, 0) is 11.2 Å². The SMILES string of the molecule is COc1ccccc1[C@@H]1C[C@H]1C(=O)NCCc1ccc2c(c1)OCO2. The molecule has 0 spiro atoms. The second kappa shape index (κ2) is 6.67. The van der Waals surface area contributed by atoms with E-state index in [1.807, 2.05) is 42.5 Å². The number of nitrogens with one attached hydrogen (secondary N) is 1. The van der Waals surface area contributed by atoms with Gasteiger partial charge < -0.3 is 19.5 Å². The molecule has 25 heavy (non-hydrogen) atoms. The van der Waals surface area contributed by atoms with Gasteiger partial charge in [0.05, 0.1) is 7.11 Å². The minimum absolute atomic E-state index is 0.0491. The molecule has 2 atom stereocenters. The second-order valence-electron chi connectivity index (χ2n) is 6.42. The first-order chi connectivity index (χ1) is 12.3. The highest BCUT2D eigenvalue weighted by molar-refractivity contribution is 5.83. The topological polar surface area (TPSA) is 56.8 Å². The van der Waals surface area contributed by atoms with Gasteiger partial charge in [0.2, 0.25) is 12.7 Å². The first-order valence-electron chi connectivity index (χ1n) is 8.55. The van der Waals surface area contributed by atoms with Gasteiger partial charge in [-0.1, -0.05) is 24.3 Å². The van der Waals surface area contributed by atoms with Crippen molar-refractivity contribution in [2.75, 3.05) is 20.4 Å². The van der Waals surface area contributed by atoms with Gasteiger partial charge >= 0.3 is 0 Å². The molecular weight excluding hydrogens is 318 g/mol. The quantitative estimate of drug-likeness (QED) is 0.879. The first kappa shape index (κ1) is 15.8. The van der Waals surface area contributed by atoms with E-state index in [9.17, 15) is 4.79 Å². The maximum absolute atomic E-state index is 12.4. The summed E-state index contributed by atoms with van der Waals surface area (Å²) in [5, 5.41) is 3.05. The normalized spacial score (nSPS) is 20.2. The fourth-order valence-electron chi connectivity index (χ4n) is 3.36. The van der Waals surface area contributed by atoms with E-state index in [4.69, 9.17) is 14.2 Å². The van der Waals surface area contributed by atoms with Gasteiger partial charge in [-0.2, -0.15) is 0 Å². The van der Waals surface area contributed by atoms with Crippen molar-refractivity contribution in [3.63, 3.8) is 0 Å². The number of carbonyl (C=O) groups is 1. The lowest BCUT2D eigenvalue weighted by Crippen LogP contribution is -2.27. The Hall–Kier alpha value is -2.69. The fourth-order valence-corrected chi connectivity index (χ4v) is 3.36. The summed E-state index contributed by atoms with van der Waals surface area (Å²) in [6, 6.07) is 13.8. The van der Waals surface area contributed by atoms with Crippen LogP contribution >= 0.6 is 0 Å². The Morgan fingerprint density at radius 2 is 2.04 bits per heavy atom. The van der Waals surface area contributed by atoms with E-state index in [0.717, 1.165) is 41.2 Å². The fraction of sp³-hybridized carbons (Fsp3) is 0.350. The Morgan fingerprint density at radius 1 is 1.20 bits per heavy atom. The van der Waals surface area contributed by atoms with Crippen LogP contribution in [0.25, 0.3) is 0 Å². The van der Waals surface area contributed by atoms with Crippen molar-refractivity contribution in [3.05, 3.63) is 53.6 Å². The molecule has 0 unspecified atom stereocenters. The van der Waals surface area contributed by atoms with Crippen molar-refractivity contribution in [1.82, 2.24) is 5.32 Å². The van der Waals surface area contributed by atoms with Crippen LogP contribution in [0.4, 0.5) is 0 Å². The molecule has 0 bridgehead atoms. The summed E-state index contributed by atoms with van der Waals surface area (Å²) in [7, 11) is 1.67. The Bertz CT molecular complexity index is 789. The molecule has 0 saturated heterocycles. The number of hydrogen-bond acceptors (Lipinski definition) is 4. The third-order valence-corrected chi connectivity index (χ3v) is 4.82. The molecule has 0 radical (unpaired) electrons. The number of carbonyl (C=O) groups excluding carboxylic acids is 1. The third kappa shape index (κ3) is 3.27. The Balaban J connectivity index is 1.29. The monoisotopic (exact) mass is 339 g/mol. The standard InChI is InChI=1S/C20H21NO4/c1-23-17-5-3-2-4-14(17)15-11-16(15)20(22)21-9-8-13-6-7-18-19(10-13)25-12-24-18/h2-7,10,15-16H,8-9,11-12H2,1H3,(H,21,22)/t15-,16+/m0/s1. The van der Waals surface area contributed by atoms with E-state index < -0.39 is 0 Å². The lowest BCUT2D eigenvalue weighted by Gasteiger charge is -2.08. The predicted molar refractivity (Wildman–Crippen MR) is 93.1 cm³/mol. The number of amides is 1. The van der Waals surface area contributed by atoms with E-state index in [2.05, 4.69) is 5.32 Å². The number of benzene rings is 2. The molecule has 130 valence electrons. The lowest BCUT2D eigenvalue weighted by atomic mass is 10.1. The van der Waals surface area contributed by atoms with Gasteiger partial charge in [-0.15, -0.1) is 0 Å². The van der Waals surface area contributed by atoms with Crippen molar-refractivity contribution in [3.8, 4) is 17.2 Å². The molecule has 0 aromatic heterocycles. The van der Waals surface area contributed by atoms with Crippen molar-refractivity contribution >= 4 is 5.91 Å². The number of methoxy groups -OCH3 is 1. The highest BCUT2D eigenvalue weighted by Gasteiger charge is 2.45. The Morgan fingerprint density at radius 3 is 2.92 bits per heavy atom. The molecule has 5 heteroatoms. The van der Waals surface area contributed by atoms with Crippen LogP contribution in [0, 0.1) is 5.92 Å². The number of fused-ring (bicyclic) bond motifs is 1. The Labute approximate surface area is 146 Å². The maximum atomic E-state index is 12.4. The molecule has 1 saturated carbocycles. The summed E-state index contributed by atoms with van der Waals surface area (Å²) in [5.41, 5.74) is 2.25. The van der Waals surface area contributed by atoms with Crippen molar-refractivity contribution in [2.24, 2.45) is 5.92 Å². The Kier molecular flexibility index (Phi) is 4.22. The van der Waals surface area contributed by atoms with Crippen LogP contribution < -0.4 is 19.5 Å². The summed E-state index contributed by atoms with van der Waals surface area (Å²) in [4.78, 5) is 12.4. The molecule has 1 amide bonds. The van der Waals surface area contributed by atoms with Gasteiger partial charge in [-0.05, 0) is 48.1 Å². The average molecular weight is 339 g/mol. The summed E-state index contributed by atoms with van der Waals surface area (Å²) in [5.74, 6) is 2.86. The van der Waals surface area contributed by atoms with E-state index in [1.54, 1.807) is 7.11 Å². The predicted octanol–water partition coefficient (Wildman–Crippen LogP) is 2.89. The highest BCUT2D eigenvalue weighted by atomic mass is 16.7. The van der Waals surface area contributed by atoms with E-state index in [1.165, 1.54) is 0 Å². The molecule has 2 aromatic rings. The molecule has 2 aromatic carbocycles. The van der Waals surface area contributed by atoms with Gasteiger partial charge in [-0.3, -0.25) is 4.79 Å². The number of hydrogen-bond donors (Lipinski definition) is 1. The van der Waals surface area contributed by atoms with E-state index >= 15 is 0 Å². The van der Waals surface area contributed by atoms with Gasteiger partial charge in [0.25, 0.3) is 0 Å². The van der Waals surface area contributed by atoms with Crippen molar-refractivity contribution in [1.29, 1.82) is 0 Å². The van der Waals surface area contributed by atoms with Gasteiger partial charge in [-0.25, -0.2) is 0 Å². The molecular formula is C20H21NO4. The summed E-state index contributed by atoms with van der Waals surface area (Å²) in [6.45, 7) is 0.898. The molecule has 2 aliphatic rings. The first-order valence-corrected chi connectivity index (χ1v) is 8.55. The second-order valence-corrected chi connectivity index (χ2v) is 6.42. The van der Waals surface area contributed by atoms with Gasteiger partial charge in [0.15, 0.2) is 11.5 Å². The molecule has 4 rings (SSSR count). The van der Waals surface area contributed by atoms with Crippen LogP contribution in [0.15, 0.2) is 42.5 Å². The zero-order chi connectivity index (χ0) is 17.2. The summed E-state index contributed by atoms with van der Waals surface area (Å²) in [6.07, 6.45) is 1.66. The van der Waals surface area contributed by atoms with Crippen LogP contribution in [0.2, 0.25) is 0 Å². The van der Waals surface area contributed by atoms with Crippen molar-refractivity contribution < 1.29 is 19.0 Å². The largest absolute Gasteiger partial charge is 0.496 e.